The van der Waals surface area contributed by atoms with E-state index in [2.05, 4.69) is 0 Å². The summed E-state index contributed by atoms with van der Waals surface area (Å²) < 4.78 is 10.4. The van der Waals surface area contributed by atoms with E-state index in [1.165, 1.54) is 0 Å². The summed E-state index contributed by atoms with van der Waals surface area (Å²) in [4.78, 5) is 22.9. The van der Waals surface area contributed by atoms with Crippen molar-refractivity contribution in [3.05, 3.63) is 12.2 Å². The van der Waals surface area contributed by atoms with Crippen molar-refractivity contribution in [2.75, 3.05) is 13.2 Å². The Kier molecular flexibility index (Phi) is 3.68. The Balaban J connectivity index is 2.27. The molecular formula is C12H16O6. The zero-order chi connectivity index (χ0) is 13.2. The van der Waals surface area contributed by atoms with Crippen molar-refractivity contribution >= 4 is 11.9 Å². The van der Waals surface area contributed by atoms with Crippen molar-refractivity contribution in [1.82, 2.24) is 0 Å². The lowest BCUT2D eigenvalue weighted by atomic mass is 9.76. The van der Waals surface area contributed by atoms with Gasteiger partial charge in [0.05, 0.1) is 6.61 Å². The number of hydrogen-bond donors (Lipinski definition) is 2. The molecule has 0 spiro atoms. The Morgan fingerprint density at radius 1 is 1.28 bits per heavy atom. The molecule has 2 rings (SSSR count). The fourth-order valence-corrected chi connectivity index (χ4v) is 2.45. The summed E-state index contributed by atoms with van der Waals surface area (Å²) in [6, 6.07) is 0. The molecular weight excluding hydrogens is 240 g/mol. The molecule has 6 nitrogen and oxygen atoms in total. The Hall–Kier alpha value is -1.40. The van der Waals surface area contributed by atoms with Gasteiger partial charge in [0.25, 0.3) is 0 Å². The molecule has 18 heavy (non-hydrogen) atoms. The maximum Gasteiger partial charge on any atom is 0.331 e. The molecule has 1 aliphatic carbocycles. The van der Waals surface area contributed by atoms with Crippen LogP contribution in [-0.2, 0) is 19.1 Å². The van der Waals surface area contributed by atoms with Gasteiger partial charge in [0.15, 0.2) is 5.60 Å². The van der Waals surface area contributed by atoms with Crippen molar-refractivity contribution in [3.8, 4) is 0 Å². The number of fused-ring (bicyclic) bond motifs is 1. The lowest BCUT2D eigenvalue weighted by Crippen LogP contribution is -2.55. The van der Waals surface area contributed by atoms with E-state index in [-0.39, 0.29) is 12.5 Å². The van der Waals surface area contributed by atoms with Crippen LogP contribution in [0, 0.1) is 5.92 Å². The number of carbonyl (C=O) groups excluding carboxylic acids is 2. The van der Waals surface area contributed by atoms with Gasteiger partial charge in [-0.25, -0.2) is 9.59 Å². The van der Waals surface area contributed by atoms with Crippen molar-refractivity contribution in [2.45, 2.75) is 31.0 Å². The van der Waals surface area contributed by atoms with Crippen molar-refractivity contribution in [1.29, 1.82) is 0 Å². The normalized spacial score (nSPS) is 37.9. The van der Waals surface area contributed by atoms with Crippen LogP contribution < -0.4 is 0 Å². The molecule has 1 fully saturated rings. The van der Waals surface area contributed by atoms with Crippen molar-refractivity contribution < 1.29 is 29.3 Å². The van der Waals surface area contributed by atoms with Gasteiger partial charge in [-0.05, 0) is 25.2 Å². The Morgan fingerprint density at radius 2 is 2.00 bits per heavy atom. The van der Waals surface area contributed by atoms with E-state index in [4.69, 9.17) is 14.6 Å². The van der Waals surface area contributed by atoms with Gasteiger partial charge in [0, 0.05) is 18.8 Å². The van der Waals surface area contributed by atoms with E-state index >= 15 is 0 Å². The maximum absolute atomic E-state index is 11.5. The first-order valence-corrected chi connectivity index (χ1v) is 5.93. The second-order valence-electron chi connectivity index (χ2n) is 4.73. The standard InChI is InChI=1S/C12H16O6/c13-6-8-3-4-12(7-14)9(5-8)17-10(15)1-2-11(16)18-12/h1-2,8-9,13-14H,3-7H2/b2-1-. The van der Waals surface area contributed by atoms with E-state index < -0.39 is 30.3 Å². The average molecular weight is 256 g/mol. The molecule has 100 valence electrons. The molecule has 1 heterocycles. The molecule has 0 aromatic rings. The van der Waals surface area contributed by atoms with E-state index in [1.807, 2.05) is 0 Å². The SMILES string of the molecule is O=C1/C=C\C(=O)OC2(CO)CCC(CO)CC2O1. The number of ether oxygens (including phenoxy) is 2. The maximum atomic E-state index is 11.5. The summed E-state index contributed by atoms with van der Waals surface area (Å²) in [5.41, 5.74) is -1.18. The monoisotopic (exact) mass is 256 g/mol. The molecule has 0 bridgehead atoms. The van der Waals surface area contributed by atoms with Crippen LogP contribution in [0.15, 0.2) is 12.2 Å². The highest BCUT2D eigenvalue weighted by Crippen LogP contribution is 2.37. The van der Waals surface area contributed by atoms with Crippen LogP contribution in [0.5, 0.6) is 0 Å². The highest BCUT2D eigenvalue weighted by molar-refractivity contribution is 5.92. The summed E-state index contributed by atoms with van der Waals surface area (Å²) in [7, 11) is 0. The van der Waals surface area contributed by atoms with Crippen LogP contribution in [0.2, 0.25) is 0 Å². The third-order valence-corrected chi connectivity index (χ3v) is 3.55. The molecule has 1 aliphatic heterocycles. The van der Waals surface area contributed by atoms with Crippen LogP contribution in [0.4, 0.5) is 0 Å². The van der Waals surface area contributed by atoms with Gasteiger partial charge in [-0.2, -0.15) is 0 Å². The summed E-state index contributed by atoms with van der Waals surface area (Å²) in [5, 5.41) is 18.7. The fourth-order valence-electron chi connectivity index (χ4n) is 2.45. The van der Waals surface area contributed by atoms with Crippen LogP contribution in [0.3, 0.4) is 0 Å². The predicted octanol–water partition coefficient (Wildman–Crippen LogP) is -0.465. The minimum Gasteiger partial charge on any atom is -0.455 e. The second kappa shape index (κ2) is 5.07. The van der Waals surface area contributed by atoms with E-state index in [0.29, 0.717) is 19.3 Å². The largest absolute Gasteiger partial charge is 0.455 e. The zero-order valence-corrected chi connectivity index (χ0v) is 9.87. The number of aliphatic hydroxyl groups excluding tert-OH is 2. The highest BCUT2D eigenvalue weighted by Gasteiger charge is 2.49. The van der Waals surface area contributed by atoms with E-state index in [1.54, 1.807) is 0 Å². The molecule has 0 aromatic carbocycles. The molecule has 3 unspecified atom stereocenters. The molecule has 3 atom stereocenters. The Labute approximate surface area is 104 Å². The minimum absolute atomic E-state index is 0.00965. The summed E-state index contributed by atoms with van der Waals surface area (Å²) in [6.07, 6.45) is 2.65. The van der Waals surface area contributed by atoms with Gasteiger partial charge >= 0.3 is 11.9 Å². The number of aliphatic hydroxyl groups is 2. The Morgan fingerprint density at radius 3 is 2.67 bits per heavy atom. The molecule has 2 N–H and O–H groups in total. The number of hydrogen-bond acceptors (Lipinski definition) is 6. The van der Waals surface area contributed by atoms with Gasteiger partial charge in [-0.3, -0.25) is 0 Å². The predicted molar refractivity (Wildman–Crippen MR) is 59.4 cm³/mol. The average Bonchev–Trinajstić information content (AvgIpc) is 2.37. The summed E-state index contributed by atoms with van der Waals surface area (Å²) in [6.45, 7) is -0.415. The van der Waals surface area contributed by atoms with Gasteiger partial charge in [-0.1, -0.05) is 0 Å². The van der Waals surface area contributed by atoms with Gasteiger partial charge in [0.1, 0.15) is 6.10 Å². The molecule has 0 radical (unpaired) electrons. The smallest absolute Gasteiger partial charge is 0.331 e. The summed E-state index contributed by atoms with van der Waals surface area (Å²) >= 11 is 0. The second-order valence-corrected chi connectivity index (χ2v) is 4.73. The van der Waals surface area contributed by atoms with Gasteiger partial charge < -0.3 is 19.7 Å². The topological polar surface area (TPSA) is 93.1 Å². The lowest BCUT2D eigenvalue weighted by Gasteiger charge is -2.43. The first-order chi connectivity index (χ1) is 8.59. The van der Waals surface area contributed by atoms with E-state index in [0.717, 1.165) is 12.2 Å². The molecule has 0 saturated heterocycles. The third-order valence-electron chi connectivity index (χ3n) is 3.55. The molecule has 0 amide bonds. The molecule has 0 aromatic heterocycles. The third kappa shape index (κ3) is 2.39. The summed E-state index contributed by atoms with van der Waals surface area (Å²) in [5.74, 6) is -1.30. The molecule has 2 aliphatic rings. The van der Waals surface area contributed by atoms with Crippen LogP contribution in [0.1, 0.15) is 19.3 Å². The van der Waals surface area contributed by atoms with Crippen LogP contribution in [0.25, 0.3) is 0 Å². The Bertz CT molecular complexity index is 377. The number of carbonyl (C=O) groups is 2. The zero-order valence-electron chi connectivity index (χ0n) is 9.87. The van der Waals surface area contributed by atoms with Crippen molar-refractivity contribution in [2.24, 2.45) is 5.92 Å². The number of rotatable bonds is 2. The van der Waals surface area contributed by atoms with Crippen molar-refractivity contribution in [3.63, 3.8) is 0 Å². The lowest BCUT2D eigenvalue weighted by molar-refractivity contribution is -0.201. The quantitative estimate of drug-likeness (QED) is 0.649. The van der Waals surface area contributed by atoms with Gasteiger partial charge in [0.2, 0.25) is 0 Å². The van der Waals surface area contributed by atoms with Crippen LogP contribution >= 0.6 is 0 Å². The van der Waals surface area contributed by atoms with Crippen LogP contribution in [-0.4, -0.2) is 47.1 Å². The fraction of sp³-hybridized carbons (Fsp3) is 0.667. The van der Waals surface area contributed by atoms with Gasteiger partial charge in [-0.15, -0.1) is 0 Å². The highest BCUT2D eigenvalue weighted by atomic mass is 16.6. The first kappa shape index (κ1) is 13.0. The van der Waals surface area contributed by atoms with E-state index in [9.17, 15) is 14.7 Å². The number of esters is 2. The first-order valence-electron chi connectivity index (χ1n) is 5.93. The minimum atomic E-state index is -1.18. The molecule has 1 saturated carbocycles. The molecule has 6 heteroatoms.